The lowest BCUT2D eigenvalue weighted by molar-refractivity contribution is -0.192. The Bertz CT molecular complexity index is 1070. The van der Waals surface area contributed by atoms with E-state index < -0.39 is 27.2 Å². The third kappa shape index (κ3) is 6.64. The molecule has 0 aliphatic carbocycles. The van der Waals surface area contributed by atoms with Gasteiger partial charge in [-0.2, -0.15) is 13.2 Å². The molecule has 0 radical (unpaired) electrons. The zero-order chi connectivity index (χ0) is 26.8. The Balaban J connectivity index is 0.000000454. The van der Waals surface area contributed by atoms with Crippen LogP contribution in [0.3, 0.4) is 0 Å². The first-order valence-electron chi connectivity index (χ1n) is 11.8. The van der Waals surface area contributed by atoms with Crippen molar-refractivity contribution in [3.63, 3.8) is 0 Å². The Labute approximate surface area is 208 Å². The predicted molar refractivity (Wildman–Crippen MR) is 125 cm³/mol. The Morgan fingerprint density at radius 1 is 1.17 bits per heavy atom. The van der Waals surface area contributed by atoms with E-state index in [0.717, 1.165) is 38.3 Å². The molecule has 1 aromatic rings. The highest BCUT2D eigenvalue weighted by Crippen LogP contribution is 2.40. The van der Waals surface area contributed by atoms with Gasteiger partial charge in [-0.1, -0.05) is 13.8 Å². The molecule has 2 atom stereocenters. The number of amides is 1. The predicted octanol–water partition coefficient (Wildman–Crippen LogP) is 1.52. The number of hydrogen-bond donors (Lipinski definition) is 1. The highest BCUT2D eigenvalue weighted by Gasteiger charge is 2.48. The molecule has 14 heteroatoms. The number of piperazine rings is 1. The van der Waals surface area contributed by atoms with Gasteiger partial charge in [-0.15, -0.1) is 0 Å². The lowest BCUT2D eigenvalue weighted by Crippen LogP contribution is -2.45. The number of aromatic nitrogens is 2. The number of nitrogens with zero attached hydrogens (tertiary/aromatic N) is 5. The van der Waals surface area contributed by atoms with E-state index in [1.165, 1.54) is 0 Å². The fourth-order valence-electron chi connectivity index (χ4n) is 4.50. The number of carbonyl (C=O) groups excluding carboxylic acids is 1. The molecule has 0 bridgehead atoms. The zero-order valence-corrected chi connectivity index (χ0v) is 21.3. The van der Waals surface area contributed by atoms with Crippen molar-refractivity contribution in [2.24, 2.45) is 5.92 Å². The molecule has 0 spiro atoms. The number of halogens is 3. The second kappa shape index (κ2) is 10.9. The number of likely N-dealkylation sites (tertiary alicyclic amines) is 1. The summed E-state index contributed by atoms with van der Waals surface area (Å²) < 4.78 is 57.5. The highest BCUT2D eigenvalue weighted by atomic mass is 32.2. The van der Waals surface area contributed by atoms with Gasteiger partial charge in [0.1, 0.15) is 0 Å². The van der Waals surface area contributed by atoms with Crippen molar-refractivity contribution in [1.82, 2.24) is 19.8 Å². The van der Waals surface area contributed by atoms with Crippen molar-refractivity contribution in [3.05, 3.63) is 17.5 Å². The average molecular weight is 536 g/mol. The van der Waals surface area contributed by atoms with Crippen LogP contribution in [0.5, 0.6) is 0 Å². The van der Waals surface area contributed by atoms with Crippen LogP contribution in [0.25, 0.3) is 0 Å². The molecular formula is C22H32F3N5O5S. The number of sulfone groups is 1. The topological polar surface area (TPSA) is 124 Å². The molecular weight excluding hydrogens is 503 g/mol. The lowest BCUT2D eigenvalue weighted by atomic mass is 10.00. The maximum absolute atomic E-state index is 12.9. The Morgan fingerprint density at radius 3 is 2.33 bits per heavy atom. The minimum Gasteiger partial charge on any atom is -0.475 e. The Morgan fingerprint density at radius 2 is 1.78 bits per heavy atom. The van der Waals surface area contributed by atoms with Gasteiger partial charge >= 0.3 is 12.1 Å². The van der Waals surface area contributed by atoms with Gasteiger partial charge in [0.15, 0.2) is 9.84 Å². The second-order valence-electron chi connectivity index (χ2n) is 9.86. The van der Waals surface area contributed by atoms with Crippen molar-refractivity contribution < 1.29 is 36.3 Å². The molecule has 10 nitrogen and oxygen atoms in total. The number of carboxylic acid groups (broad SMARTS) is 1. The van der Waals surface area contributed by atoms with E-state index >= 15 is 0 Å². The van der Waals surface area contributed by atoms with Crippen LogP contribution < -0.4 is 4.90 Å². The molecule has 1 amide bonds. The standard InChI is InChI=1S/C20H31N5O3S.C2HF3O2/c1-14(2)4-5-18(26)25-11-16-17(12-25)29(27,28)13-15-10-21-20(22-19(15)16)24-8-6-23(3)7-9-24;3-2(4,5)1(6)7/h10,14,16-17H,4-9,11-13H2,1-3H3;(H,6,7)/t16-,17+;/m0./s1. The van der Waals surface area contributed by atoms with Crippen molar-refractivity contribution >= 4 is 27.7 Å². The number of likely N-dealkylation sites (N-methyl/N-ethyl adjacent to an activating group) is 1. The van der Waals surface area contributed by atoms with E-state index in [4.69, 9.17) is 14.9 Å². The Hall–Kier alpha value is -2.48. The SMILES string of the molecule is CC(C)CCC(=O)N1C[C@@H]2c3nc(N4CCN(C)CC4)ncc3CS(=O)(=O)[C@@H]2C1.O=C(O)C(F)(F)F. The van der Waals surface area contributed by atoms with Gasteiger partial charge in [0, 0.05) is 63.4 Å². The van der Waals surface area contributed by atoms with Crippen molar-refractivity contribution in [2.45, 2.75) is 49.8 Å². The molecule has 202 valence electrons. The third-order valence-corrected chi connectivity index (χ3v) is 8.75. The average Bonchev–Trinajstić information content (AvgIpc) is 3.25. The van der Waals surface area contributed by atoms with E-state index in [9.17, 15) is 26.4 Å². The fraction of sp³-hybridized carbons (Fsp3) is 0.727. The van der Waals surface area contributed by atoms with Gasteiger partial charge in [0.25, 0.3) is 0 Å². The largest absolute Gasteiger partial charge is 0.490 e. The molecule has 0 unspecified atom stereocenters. The summed E-state index contributed by atoms with van der Waals surface area (Å²) in [6, 6.07) is 0. The summed E-state index contributed by atoms with van der Waals surface area (Å²) in [5.74, 6) is -1.85. The quantitative estimate of drug-likeness (QED) is 0.611. The molecule has 2 saturated heterocycles. The van der Waals surface area contributed by atoms with Gasteiger partial charge in [-0.25, -0.2) is 23.2 Å². The lowest BCUT2D eigenvalue weighted by Gasteiger charge is -2.33. The third-order valence-electron chi connectivity index (χ3n) is 6.64. The van der Waals surface area contributed by atoms with Gasteiger partial charge in [0.2, 0.25) is 11.9 Å². The zero-order valence-electron chi connectivity index (χ0n) is 20.5. The normalized spacial score (nSPS) is 23.5. The van der Waals surface area contributed by atoms with Crippen LogP contribution in [0.4, 0.5) is 19.1 Å². The van der Waals surface area contributed by atoms with Crippen molar-refractivity contribution in [2.75, 3.05) is 51.2 Å². The molecule has 2 fully saturated rings. The van der Waals surface area contributed by atoms with Crippen LogP contribution in [0.15, 0.2) is 6.20 Å². The van der Waals surface area contributed by atoms with Crippen LogP contribution >= 0.6 is 0 Å². The number of fused-ring (bicyclic) bond motifs is 3. The number of anilines is 1. The summed E-state index contributed by atoms with van der Waals surface area (Å²) in [6.07, 6.45) is -2.10. The molecule has 1 N–H and O–H groups in total. The molecule has 1 aromatic heterocycles. The summed E-state index contributed by atoms with van der Waals surface area (Å²) in [5.41, 5.74) is 1.52. The number of carboxylic acids is 1. The fourth-order valence-corrected chi connectivity index (χ4v) is 6.49. The van der Waals surface area contributed by atoms with Crippen LogP contribution in [-0.2, 0) is 25.2 Å². The number of alkyl halides is 3. The molecule has 4 heterocycles. The summed E-state index contributed by atoms with van der Waals surface area (Å²) in [4.78, 5) is 37.0. The first-order chi connectivity index (χ1) is 16.7. The van der Waals surface area contributed by atoms with Crippen LogP contribution in [-0.4, -0.2) is 103 Å². The smallest absolute Gasteiger partial charge is 0.475 e. The molecule has 0 saturated carbocycles. The maximum Gasteiger partial charge on any atom is 0.490 e. The van der Waals surface area contributed by atoms with Crippen LogP contribution in [0.2, 0.25) is 0 Å². The Kier molecular flexibility index (Phi) is 8.48. The van der Waals surface area contributed by atoms with Crippen molar-refractivity contribution in [3.8, 4) is 0 Å². The van der Waals surface area contributed by atoms with Gasteiger partial charge < -0.3 is 19.8 Å². The first-order valence-corrected chi connectivity index (χ1v) is 13.5. The van der Waals surface area contributed by atoms with E-state index in [1.54, 1.807) is 11.1 Å². The number of rotatable bonds is 4. The summed E-state index contributed by atoms with van der Waals surface area (Å²) in [7, 11) is -1.21. The molecule has 3 aliphatic heterocycles. The summed E-state index contributed by atoms with van der Waals surface area (Å²) in [6.45, 7) is 8.55. The second-order valence-corrected chi connectivity index (χ2v) is 12.1. The van der Waals surface area contributed by atoms with Crippen molar-refractivity contribution in [1.29, 1.82) is 0 Å². The minimum absolute atomic E-state index is 0.0272. The van der Waals surface area contributed by atoms with E-state index in [-0.39, 0.29) is 24.1 Å². The van der Waals surface area contributed by atoms with E-state index in [1.807, 2.05) is 0 Å². The van der Waals surface area contributed by atoms with Crippen LogP contribution in [0, 0.1) is 5.92 Å². The van der Waals surface area contributed by atoms with E-state index in [0.29, 0.717) is 30.4 Å². The minimum atomic E-state index is -5.08. The first kappa shape index (κ1) is 28.1. The molecule has 3 aliphatic rings. The number of carbonyl (C=O) groups is 2. The van der Waals surface area contributed by atoms with E-state index in [2.05, 4.69) is 35.7 Å². The number of aliphatic carboxylic acids is 1. The van der Waals surface area contributed by atoms with Crippen LogP contribution in [0.1, 0.15) is 43.9 Å². The monoisotopic (exact) mass is 535 g/mol. The number of hydrogen-bond acceptors (Lipinski definition) is 8. The van der Waals surface area contributed by atoms with Gasteiger partial charge in [-0.05, 0) is 19.4 Å². The maximum atomic E-state index is 12.9. The summed E-state index contributed by atoms with van der Waals surface area (Å²) >= 11 is 0. The highest BCUT2D eigenvalue weighted by molar-refractivity contribution is 7.91. The molecule has 4 rings (SSSR count). The van der Waals surface area contributed by atoms with Gasteiger partial charge in [-0.3, -0.25) is 4.79 Å². The molecule has 36 heavy (non-hydrogen) atoms. The van der Waals surface area contributed by atoms with Gasteiger partial charge in [0.05, 0.1) is 16.7 Å². The molecule has 0 aromatic carbocycles. The summed E-state index contributed by atoms with van der Waals surface area (Å²) in [5, 5.41) is 6.58.